The lowest BCUT2D eigenvalue weighted by Crippen LogP contribution is -2.31. The summed E-state index contributed by atoms with van der Waals surface area (Å²) in [6.07, 6.45) is 0.212. The van der Waals surface area contributed by atoms with Gasteiger partial charge in [-0.05, 0) is 36.8 Å². The topological polar surface area (TPSA) is 55.9 Å². The summed E-state index contributed by atoms with van der Waals surface area (Å²) >= 11 is 0. The third-order valence-electron chi connectivity index (χ3n) is 4.22. The molecule has 2 aromatic heterocycles. The summed E-state index contributed by atoms with van der Waals surface area (Å²) in [6.45, 7) is 3.81. The highest BCUT2D eigenvalue weighted by atomic mass is 19.1. The molecule has 24 heavy (non-hydrogen) atoms. The quantitative estimate of drug-likeness (QED) is 0.802. The lowest BCUT2D eigenvalue weighted by atomic mass is 10.1. The minimum absolute atomic E-state index is 0.212. The lowest BCUT2D eigenvalue weighted by Gasteiger charge is -2.24. The molecule has 1 atom stereocenters. The Hall–Kier alpha value is -2.54. The number of hydrogen-bond acceptors (Lipinski definition) is 4. The van der Waals surface area contributed by atoms with Gasteiger partial charge in [0.15, 0.2) is 5.82 Å². The van der Waals surface area contributed by atoms with Gasteiger partial charge in [-0.2, -0.15) is 4.98 Å². The summed E-state index contributed by atoms with van der Waals surface area (Å²) < 4.78 is 34.0. The van der Waals surface area contributed by atoms with Crippen LogP contribution in [0.15, 0.2) is 34.9 Å². The van der Waals surface area contributed by atoms with E-state index in [0.29, 0.717) is 17.3 Å². The van der Waals surface area contributed by atoms with Gasteiger partial charge in [-0.25, -0.2) is 8.78 Å². The molecule has 0 bridgehead atoms. The van der Waals surface area contributed by atoms with Crippen molar-refractivity contribution in [3.05, 3.63) is 59.0 Å². The van der Waals surface area contributed by atoms with Crippen LogP contribution in [0.2, 0.25) is 0 Å². The number of hydrogen-bond donors (Lipinski definition) is 1. The first-order chi connectivity index (χ1) is 11.6. The van der Waals surface area contributed by atoms with Crippen molar-refractivity contribution in [1.82, 2.24) is 20.0 Å². The number of aromatic nitrogens is 3. The summed E-state index contributed by atoms with van der Waals surface area (Å²) in [5.74, 6) is -0.415. The van der Waals surface area contributed by atoms with Crippen molar-refractivity contribution in [2.75, 3.05) is 6.54 Å². The fourth-order valence-corrected chi connectivity index (χ4v) is 3.12. The average Bonchev–Trinajstić information content (AvgIpc) is 3.13. The van der Waals surface area contributed by atoms with E-state index in [2.05, 4.69) is 26.9 Å². The van der Waals surface area contributed by atoms with Crippen molar-refractivity contribution >= 4 is 0 Å². The molecular weight excluding hydrogens is 314 g/mol. The molecule has 1 aliphatic heterocycles. The Labute approximate surface area is 137 Å². The van der Waals surface area contributed by atoms with Gasteiger partial charge in [0.2, 0.25) is 0 Å². The summed E-state index contributed by atoms with van der Waals surface area (Å²) in [5, 5.41) is 7.33. The van der Waals surface area contributed by atoms with Gasteiger partial charge in [-0.15, -0.1) is 0 Å². The SMILES string of the molecule is CC1NCCn2c(-c3nc(Cc4cc(F)cc(F)c4)no3)ccc21. The molecule has 124 valence electrons. The van der Waals surface area contributed by atoms with Gasteiger partial charge < -0.3 is 14.4 Å². The standard InChI is InChI=1S/C17H16F2N4O/c1-10-14-2-3-15(23(14)5-4-20-10)17-21-16(22-24-17)8-11-6-12(18)9-13(19)7-11/h2-3,6-7,9-10,20H,4-5,8H2,1H3. The van der Waals surface area contributed by atoms with Crippen LogP contribution in [0.3, 0.4) is 0 Å². The van der Waals surface area contributed by atoms with E-state index in [4.69, 9.17) is 4.52 Å². The van der Waals surface area contributed by atoms with Crippen LogP contribution in [0.1, 0.15) is 30.0 Å². The van der Waals surface area contributed by atoms with Crippen molar-refractivity contribution in [3.63, 3.8) is 0 Å². The molecule has 3 heterocycles. The molecular formula is C17H16F2N4O. The first kappa shape index (κ1) is 15.0. The number of fused-ring (bicyclic) bond motifs is 1. The normalized spacial score (nSPS) is 17.0. The monoisotopic (exact) mass is 330 g/mol. The molecule has 0 amide bonds. The van der Waals surface area contributed by atoms with Crippen molar-refractivity contribution in [2.24, 2.45) is 0 Å². The molecule has 1 unspecified atom stereocenters. The maximum absolute atomic E-state index is 13.3. The van der Waals surface area contributed by atoms with E-state index in [9.17, 15) is 8.78 Å². The fourth-order valence-electron chi connectivity index (χ4n) is 3.12. The molecule has 1 aromatic carbocycles. The van der Waals surface area contributed by atoms with Crippen LogP contribution in [0, 0.1) is 11.6 Å². The van der Waals surface area contributed by atoms with Crippen LogP contribution in [0.4, 0.5) is 8.78 Å². The fraction of sp³-hybridized carbons (Fsp3) is 0.294. The molecule has 1 aliphatic rings. The number of rotatable bonds is 3. The summed E-state index contributed by atoms with van der Waals surface area (Å²) in [7, 11) is 0. The summed E-state index contributed by atoms with van der Waals surface area (Å²) in [5.41, 5.74) is 2.50. The smallest absolute Gasteiger partial charge is 0.274 e. The second kappa shape index (κ2) is 5.83. The largest absolute Gasteiger partial charge is 0.338 e. The van der Waals surface area contributed by atoms with E-state index < -0.39 is 11.6 Å². The van der Waals surface area contributed by atoms with Crippen molar-refractivity contribution < 1.29 is 13.3 Å². The van der Waals surface area contributed by atoms with E-state index >= 15 is 0 Å². The third-order valence-corrected chi connectivity index (χ3v) is 4.22. The highest BCUT2D eigenvalue weighted by Gasteiger charge is 2.21. The average molecular weight is 330 g/mol. The molecule has 4 rings (SSSR count). The molecule has 0 radical (unpaired) electrons. The number of nitrogens with one attached hydrogen (secondary N) is 1. The van der Waals surface area contributed by atoms with Crippen molar-refractivity contribution in [2.45, 2.75) is 25.9 Å². The van der Waals surface area contributed by atoms with E-state index in [1.54, 1.807) is 0 Å². The number of nitrogens with zero attached hydrogens (tertiary/aromatic N) is 3. The Kier molecular flexibility index (Phi) is 3.65. The second-order valence-corrected chi connectivity index (χ2v) is 5.94. The van der Waals surface area contributed by atoms with Gasteiger partial charge in [0, 0.05) is 37.3 Å². The molecule has 7 heteroatoms. The van der Waals surface area contributed by atoms with Crippen LogP contribution < -0.4 is 5.32 Å². The van der Waals surface area contributed by atoms with E-state index in [-0.39, 0.29) is 12.5 Å². The Bertz CT molecular complexity index is 866. The summed E-state index contributed by atoms with van der Waals surface area (Å²) in [4.78, 5) is 4.38. The zero-order valence-electron chi connectivity index (χ0n) is 13.1. The first-order valence-electron chi connectivity index (χ1n) is 7.81. The Morgan fingerprint density at radius 2 is 2.04 bits per heavy atom. The van der Waals surface area contributed by atoms with E-state index in [1.807, 2.05) is 12.1 Å². The minimum atomic E-state index is -0.615. The molecule has 5 nitrogen and oxygen atoms in total. The highest BCUT2D eigenvalue weighted by molar-refractivity contribution is 5.50. The Balaban J connectivity index is 1.61. The van der Waals surface area contributed by atoms with Gasteiger partial charge in [0.25, 0.3) is 5.89 Å². The third kappa shape index (κ3) is 2.71. The van der Waals surface area contributed by atoms with Crippen LogP contribution in [-0.2, 0) is 13.0 Å². The van der Waals surface area contributed by atoms with E-state index in [1.165, 1.54) is 17.8 Å². The Morgan fingerprint density at radius 3 is 2.83 bits per heavy atom. The van der Waals surface area contributed by atoms with Gasteiger partial charge in [-0.1, -0.05) is 5.16 Å². The van der Waals surface area contributed by atoms with Crippen LogP contribution in [0.5, 0.6) is 0 Å². The molecule has 0 spiro atoms. The zero-order valence-corrected chi connectivity index (χ0v) is 13.1. The molecule has 3 aromatic rings. The van der Waals surface area contributed by atoms with Crippen molar-refractivity contribution in [1.29, 1.82) is 0 Å². The highest BCUT2D eigenvalue weighted by Crippen LogP contribution is 2.27. The maximum atomic E-state index is 13.3. The van der Waals surface area contributed by atoms with Gasteiger partial charge >= 0.3 is 0 Å². The van der Waals surface area contributed by atoms with Gasteiger partial charge in [0.1, 0.15) is 17.3 Å². The van der Waals surface area contributed by atoms with Crippen LogP contribution >= 0.6 is 0 Å². The zero-order chi connectivity index (χ0) is 16.7. The molecule has 0 saturated carbocycles. The molecule has 1 N–H and O–H groups in total. The van der Waals surface area contributed by atoms with Gasteiger partial charge in [0.05, 0.1) is 0 Å². The predicted molar refractivity (Wildman–Crippen MR) is 83.3 cm³/mol. The van der Waals surface area contributed by atoms with E-state index in [0.717, 1.165) is 24.8 Å². The lowest BCUT2D eigenvalue weighted by molar-refractivity contribution is 0.412. The summed E-state index contributed by atoms with van der Waals surface area (Å²) in [6, 6.07) is 7.64. The second-order valence-electron chi connectivity index (χ2n) is 5.94. The Morgan fingerprint density at radius 1 is 1.25 bits per heavy atom. The number of halogens is 2. The predicted octanol–water partition coefficient (Wildman–Crippen LogP) is 3.07. The molecule has 0 fully saturated rings. The molecule has 0 saturated heterocycles. The number of benzene rings is 1. The molecule has 0 aliphatic carbocycles. The van der Waals surface area contributed by atoms with Crippen LogP contribution in [-0.4, -0.2) is 21.3 Å². The maximum Gasteiger partial charge on any atom is 0.274 e. The first-order valence-corrected chi connectivity index (χ1v) is 7.81. The van der Waals surface area contributed by atoms with Gasteiger partial charge in [-0.3, -0.25) is 0 Å². The van der Waals surface area contributed by atoms with Crippen molar-refractivity contribution in [3.8, 4) is 11.6 Å². The minimum Gasteiger partial charge on any atom is -0.338 e. The van der Waals surface area contributed by atoms with Crippen LogP contribution in [0.25, 0.3) is 11.6 Å².